The highest BCUT2D eigenvalue weighted by atomic mass is 16.5. The van der Waals surface area contributed by atoms with Crippen LogP contribution in [0, 0.1) is 0 Å². The fourth-order valence-corrected chi connectivity index (χ4v) is 2.73. The first-order valence-corrected chi connectivity index (χ1v) is 8.36. The van der Waals surface area contributed by atoms with Gasteiger partial charge in [-0.2, -0.15) is 0 Å². The van der Waals surface area contributed by atoms with Crippen molar-refractivity contribution < 1.29 is 14.3 Å². The van der Waals surface area contributed by atoms with Crippen LogP contribution >= 0.6 is 0 Å². The molecule has 0 aliphatic heterocycles. The number of benzene rings is 3. The largest absolute Gasteiger partial charge is 0.449 e. The molecule has 0 saturated carbocycles. The van der Waals surface area contributed by atoms with E-state index in [0.29, 0.717) is 16.9 Å². The summed E-state index contributed by atoms with van der Waals surface area (Å²) in [6, 6.07) is 20.4. The smallest absolute Gasteiger partial charge is 0.341 e. The molecular weight excluding hydrogens is 328 g/mol. The standard InChI is InChI=1S/C21H20N2O3/c1-14(26-21(25)17-11-5-6-12-18(17)22-2)20(24)23-19-13-7-9-15-8-3-4-10-16(15)19/h3-14,22H,1-2H3,(H,23,24)/t14-/m0/s1. The van der Waals surface area contributed by atoms with Gasteiger partial charge in [-0.25, -0.2) is 4.79 Å². The summed E-state index contributed by atoms with van der Waals surface area (Å²) in [4.78, 5) is 24.8. The van der Waals surface area contributed by atoms with E-state index in [1.165, 1.54) is 0 Å². The lowest BCUT2D eigenvalue weighted by atomic mass is 10.1. The summed E-state index contributed by atoms with van der Waals surface area (Å²) in [5.74, 6) is -0.924. The Kier molecular flexibility index (Phi) is 5.17. The number of ether oxygens (including phenoxy) is 1. The normalized spacial score (nSPS) is 11.6. The molecule has 0 aliphatic rings. The van der Waals surface area contributed by atoms with E-state index in [0.717, 1.165) is 10.8 Å². The number of rotatable bonds is 5. The van der Waals surface area contributed by atoms with Crippen LogP contribution in [0.15, 0.2) is 66.7 Å². The lowest BCUT2D eigenvalue weighted by Gasteiger charge is -2.16. The zero-order chi connectivity index (χ0) is 18.5. The molecule has 5 nitrogen and oxygen atoms in total. The summed E-state index contributed by atoms with van der Waals surface area (Å²) in [6.07, 6.45) is -0.925. The molecule has 3 aromatic carbocycles. The average Bonchev–Trinajstić information content (AvgIpc) is 2.68. The van der Waals surface area contributed by atoms with Gasteiger partial charge in [-0.15, -0.1) is 0 Å². The van der Waals surface area contributed by atoms with E-state index in [2.05, 4.69) is 10.6 Å². The highest BCUT2D eigenvalue weighted by molar-refractivity contribution is 6.04. The monoisotopic (exact) mass is 348 g/mol. The Morgan fingerprint density at radius 2 is 1.54 bits per heavy atom. The molecule has 26 heavy (non-hydrogen) atoms. The molecule has 0 saturated heterocycles. The second kappa shape index (κ2) is 7.70. The number of amides is 1. The maximum absolute atomic E-state index is 12.5. The van der Waals surface area contributed by atoms with Crippen LogP contribution in [0.3, 0.4) is 0 Å². The molecule has 3 aromatic rings. The molecule has 0 aliphatic carbocycles. The number of esters is 1. The van der Waals surface area contributed by atoms with Gasteiger partial charge in [0.2, 0.25) is 0 Å². The molecule has 2 N–H and O–H groups in total. The molecule has 1 amide bonds. The third-order valence-electron chi connectivity index (χ3n) is 4.12. The van der Waals surface area contributed by atoms with Gasteiger partial charge in [0.1, 0.15) is 0 Å². The van der Waals surface area contributed by atoms with Crippen molar-refractivity contribution >= 4 is 34.0 Å². The van der Waals surface area contributed by atoms with E-state index in [1.807, 2.05) is 48.5 Å². The van der Waals surface area contributed by atoms with E-state index in [-0.39, 0.29) is 5.91 Å². The van der Waals surface area contributed by atoms with Crippen molar-refractivity contribution in [1.29, 1.82) is 0 Å². The number of fused-ring (bicyclic) bond motifs is 1. The van der Waals surface area contributed by atoms with Crippen LogP contribution in [0.25, 0.3) is 10.8 Å². The van der Waals surface area contributed by atoms with Gasteiger partial charge >= 0.3 is 5.97 Å². The van der Waals surface area contributed by atoms with Crippen molar-refractivity contribution in [3.63, 3.8) is 0 Å². The highest BCUT2D eigenvalue weighted by Gasteiger charge is 2.21. The van der Waals surface area contributed by atoms with Gasteiger partial charge in [0.05, 0.1) is 5.56 Å². The fourth-order valence-electron chi connectivity index (χ4n) is 2.73. The fraction of sp³-hybridized carbons (Fsp3) is 0.143. The summed E-state index contributed by atoms with van der Waals surface area (Å²) < 4.78 is 5.33. The third kappa shape index (κ3) is 3.67. The van der Waals surface area contributed by atoms with Crippen LogP contribution in [-0.2, 0) is 9.53 Å². The molecule has 0 aromatic heterocycles. The predicted octanol–water partition coefficient (Wildman–Crippen LogP) is 4.07. The van der Waals surface area contributed by atoms with Gasteiger partial charge in [0.25, 0.3) is 5.91 Å². The van der Waals surface area contributed by atoms with Gasteiger partial charge in [-0.3, -0.25) is 4.79 Å². The van der Waals surface area contributed by atoms with Gasteiger partial charge in [0.15, 0.2) is 6.10 Å². The van der Waals surface area contributed by atoms with Crippen molar-refractivity contribution in [3.8, 4) is 0 Å². The van der Waals surface area contributed by atoms with Crippen LogP contribution in [0.2, 0.25) is 0 Å². The summed E-state index contributed by atoms with van der Waals surface area (Å²) >= 11 is 0. The summed E-state index contributed by atoms with van der Waals surface area (Å²) in [7, 11) is 1.72. The van der Waals surface area contributed by atoms with E-state index < -0.39 is 12.1 Å². The number of hydrogen-bond donors (Lipinski definition) is 2. The Balaban J connectivity index is 1.72. The van der Waals surface area contributed by atoms with Crippen molar-refractivity contribution in [1.82, 2.24) is 0 Å². The minimum Gasteiger partial charge on any atom is -0.449 e. The van der Waals surface area contributed by atoms with Crippen molar-refractivity contribution in [3.05, 3.63) is 72.3 Å². The van der Waals surface area contributed by atoms with E-state index in [4.69, 9.17) is 4.74 Å². The quantitative estimate of drug-likeness (QED) is 0.682. The summed E-state index contributed by atoms with van der Waals surface area (Å²) in [5, 5.41) is 7.73. The number of carbonyl (C=O) groups is 2. The average molecular weight is 348 g/mol. The Hall–Kier alpha value is -3.34. The topological polar surface area (TPSA) is 67.4 Å². The molecule has 0 spiro atoms. The maximum atomic E-state index is 12.5. The molecule has 0 fully saturated rings. The van der Waals surface area contributed by atoms with E-state index in [9.17, 15) is 9.59 Å². The first-order valence-electron chi connectivity index (χ1n) is 8.36. The van der Waals surface area contributed by atoms with Crippen molar-refractivity contribution in [2.45, 2.75) is 13.0 Å². The maximum Gasteiger partial charge on any atom is 0.341 e. The van der Waals surface area contributed by atoms with Crippen LogP contribution in [0.5, 0.6) is 0 Å². The number of hydrogen-bond acceptors (Lipinski definition) is 4. The molecule has 0 radical (unpaired) electrons. The molecule has 1 atom stereocenters. The number of nitrogens with one attached hydrogen (secondary N) is 2. The molecule has 0 bridgehead atoms. The molecule has 0 unspecified atom stereocenters. The highest BCUT2D eigenvalue weighted by Crippen LogP contribution is 2.23. The molecular formula is C21H20N2O3. The lowest BCUT2D eigenvalue weighted by molar-refractivity contribution is -0.123. The summed E-state index contributed by atoms with van der Waals surface area (Å²) in [6.45, 7) is 1.56. The number of carbonyl (C=O) groups excluding carboxylic acids is 2. The SMILES string of the molecule is CNc1ccccc1C(=O)O[C@@H](C)C(=O)Nc1cccc2ccccc12. The van der Waals surface area contributed by atoms with Gasteiger partial charge in [0, 0.05) is 23.8 Å². The van der Waals surface area contributed by atoms with Crippen LogP contribution in [-0.4, -0.2) is 25.0 Å². The lowest BCUT2D eigenvalue weighted by Crippen LogP contribution is -2.30. The molecule has 0 heterocycles. The zero-order valence-electron chi connectivity index (χ0n) is 14.7. The van der Waals surface area contributed by atoms with Crippen LogP contribution < -0.4 is 10.6 Å². The number of anilines is 2. The van der Waals surface area contributed by atoms with Crippen LogP contribution in [0.4, 0.5) is 11.4 Å². The first-order chi connectivity index (χ1) is 12.6. The second-order valence-electron chi connectivity index (χ2n) is 5.86. The molecule has 5 heteroatoms. The third-order valence-corrected chi connectivity index (χ3v) is 4.12. The second-order valence-corrected chi connectivity index (χ2v) is 5.86. The first kappa shape index (κ1) is 17.5. The molecule has 3 rings (SSSR count). The minimum absolute atomic E-state index is 0.378. The van der Waals surface area contributed by atoms with Crippen molar-refractivity contribution in [2.24, 2.45) is 0 Å². The van der Waals surface area contributed by atoms with Crippen molar-refractivity contribution in [2.75, 3.05) is 17.7 Å². The van der Waals surface area contributed by atoms with Gasteiger partial charge in [-0.1, -0.05) is 48.5 Å². The Bertz CT molecular complexity index is 947. The van der Waals surface area contributed by atoms with Gasteiger partial charge in [-0.05, 0) is 30.5 Å². The Morgan fingerprint density at radius 3 is 2.35 bits per heavy atom. The predicted molar refractivity (Wildman–Crippen MR) is 103 cm³/mol. The minimum atomic E-state index is -0.925. The Morgan fingerprint density at radius 1 is 0.885 bits per heavy atom. The van der Waals surface area contributed by atoms with Crippen LogP contribution in [0.1, 0.15) is 17.3 Å². The number of para-hydroxylation sites is 1. The Labute approximate surface area is 152 Å². The zero-order valence-corrected chi connectivity index (χ0v) is 14.7. The van der Waals surface area contributed by atoms with Gasteiger partial charge < -0.3 is 15.4 Å². The summed E-state index contributed by atoms with van der Waals surface area (Å²) in [5.41, 5.74) is 1.73. The van der Waals surface area contributed by atoms with E-state index in [1.54, 1.807) is 32.2 Å². The molecule has 132 valence electrons. The van der Waals surface area contributed by atoms with E-state index >= 15 is 0 Å².